The molecule has 3 atom stereocenters. The summed E-state index contributed by atoms with van der Waals surface area (Å²) in [4.78, 5) is 3.54. The molecule has 0 unspecified atom stereocenters. The normalized spacial score (nSPS) is 31.6. The summed E-state index contributed by atoms with van der Waals surface area (Å²) in [6.07, 6.45) is -0.801. The van der Waals surface area contributed by atoms with E-state index in [9.17, 15) is 18.3 Å². The van der Waals surface area contributed by atoms with Crippen LogP contribution in [0.5, 0.6) is 0 Å². The van der Waals surface area contributed by atoms with Crippen molar-refractivity contribution in [2.75, 3.05) is 25.1 Å². The first-order valence-electron chi connectivity index (χ1n) is 6.93. The number of rotatable bonds is 4. The predicted molar refractivity (Wildman–Crippen MR) is 69.7 cm³/mol. The van der Waals surface area contributed by atoms with E-state index in [0.29, 0.717) is 25.5 Å². The van der Waals surface area contributed by atoms with E-state index >= 15 is 0 Å². The van der Waals surface area contributed by atoms with E-state index in [0.717, 1.165) is 12.6 Å². The van der Waals surface area contributed by atoms with Gasteiger partial charge >= 0.3 is 6.18 Å². The van der Waals surface area contributed by atoms with Crippen LogP contribution in [0, 0.1) is 11.8 Å². The molecule has 2 aliphatic rings. The van der Waals surface area contributed by atoms with E-state index in [1.165, 1.54) is 12.3 Å². The number of hydrogen-bond acceptors (Lipinski definition) is 4. The Morgan fingerprint density at radius 2 is 2.24 bits per heavy atom. The summed E-state index contributed by atoms with van der Waals surface area (Å²) in [5.41, 5.74) is -1.21. The highest BCUT2D eigenvalue weighted by molar-refractivity contribution is 5.51. The fraction of sp³-hybridized carbons (Fsp3) is 0.643. The molecule has 1 saturated heterocycles. The fourth-order valence-electron chi connectivity index (χ4n) is 3.41. The molecule has 0 spiro atoms. The van der Waals surface area contributed by atoms with Gasteiger partial charge in [0.2, 0.25) is 0 Å². The second-order valence-corrected chi connectivity index (χ2v) is 5.88. The van der Waals surface area contributed by atoms with Gasteiger partial charge in [-0.3, -0.25) is 4.98 Å². The van der Waals surface area contributed by atoms with Crippen molar-refractivity contribution in [1.82, 2.24) is 4.98 Å². The number of ether oxygens (including phenoxy) is 1. The van der Waals surface area contributed by atoms with Crippen LogP contribution in [0.1, 0.15) is 18.4 Å². The Labute approximate surface area is 120 Å². The molecule has 2 N–H and O–H groups in total. The summed E-state index contributed by atoms with van der Waals surface area (Å²) in [6.45, 7) is 1.00. The number of aliphatic hydroxyl groups is 1. The van der Waals surface area contributed by atoms with Crippen LogP contribution in [-0.2, 0) is 10.9 Å². The first-order valence-corrected chi connectivity index (χ1v) is 6.93. The number of nitrogens with zero attached hydrogens (tertiary/aromatic N) is 1. The molecule has 7 heteroatoms. The molecule has 1 aliphatic carbocycles. The lowest BCUT2D eigenvalue weighted by Gasteiger charge is -2.30. The van der Waals surface area contributed by atoms with Gasteiger partial charge in [-0.2, -0.15) is 13.2 Å². The summed E-state index contributed by atoms with van der Waals surface area (Å²) in [5.74, 6) is 0.511. The molecular formula is C14H17F3N2O2. The molecule has 2 bridgehead atoms. The first-order chi connectivity index (χ1) is 9.93. The third-order valence-electron chi connectivity index (χ3n) is 4.50. The Kier molecular flexibility index (Phi) is 3.57. The maximum absolute atomic E-state index is 12.9. The molecule has 116 valence electrons. The van der Waals surface area contributed by atoms with Crippen molar-refractivity contribution >= 4 is 5.69 Å². The number of halogens is 3. The molecule has 0 radical (unpaired) electrons. The van der Waals surface area contributed by atoms with Gasteiger partial charge in [0.05, 0.1) is 17.8 Å². The van der Waals surface area contributed by atoms with Crippen molar-refractivity contribution in [2.45, 2.75) is 24.6 Å². The lowest BCUT2D eigenvalue weighted by Crippen LogP contribution is -2.37. The fourth-order valence-corrected chi connectivity index (χ4v) is 3.41. The van der Waals surface area contributed by atoms with Crippen molar-refractivity contribution in [3.05, 3.63) is 24.0 Å². The van der Waals surface area contributed by atoms with Crippen LogP contribution in [0.3, 0.4) is 0 Å². The van der Waals surface area contributed by atoms with Crippen LogP contribution in [0.15, 0.2) is 18.5 Å². The molecule has 0 aromatic carbocycles. The Balaban J connectivity index is 1.72. The quantitative estimate of drug-likeness (QED) is 0.896. The van der Waals surface area contributed by atoms with E-state index < -0.39 is 17.3 Å². The number of hydrogen-bond donors (Lipinski definition) is 2. The van der Waals surface area contributed by atoms with Crippen LogP contribution in [-0.4, -0.2) is 35.5 Å². The Bertz CT molecular complexity index is 523. The van der Waals surface area contributed by atoms with E-state index in [1.807, 2.05) is 0 Å². The molecule has 21 heavy (non-hydrogen) atoms. The maximum Gasteiger partial charge on any atom is 0.419 e. The molecule has 2 heterocycles. The Hall–Kier alpha value is -1.34. The van der Waals surface area contributed by atoms with Gasteiger partial charge in [0.15, 0.2) is 0 Å². The zero-order valence-corrected chi connectivity index (χ0v) is 11.4. The summed E-state index contributed by atoms with van der Waals surface area (Å²) in [5, 5.41) is 12.2. The third-order valence-corrected chi connectivity index (χ3v) is 4.50. The van der Waals surface area contributed by atoms with Gasteiger partial charge in [-0.1, -0.05) is 0 Å². The zero-order chi connectivity index (χ0) is 15.1. The topological polar surface area (TPSA) is 54.4 Å². The average Bonchev–Trinajstić information content (AvgIpc) is 3.03. The molecule has 1 aromatic rings. The van der Waals surface area contributed by atoms with Crippen molar-refractivity contribution in [3.8, 4) is 0 Å². The maximum atomic E-state index is 12.9. The van der Waals surface area contributed by atoms with Crippen LogP contribution in [0.4, 0.5) is 18.9 Å². The predicted octanol–water partition coefficient (Wildman–Crippen LogP) is 2.30. The second-order valence-electron chi connectivity index (χ2n) is 5.88. The van der Waals surface area contributed by atoms with E-state index in [2.05, 4.69) is 10.3 Å². The van der Waals surface area contributed by atoms with Crippen molar-refractivity contribution < 1.29 is 23.0 Å². The van der Waals surface area contributed by atoms with Crippen molar-refractivity contribution in [1.29, 1.82) is 0 Å². The number of fused-ring (bicyclic) bond motifs is 2. The largest absolute Gasteiger partial charge is 0.419 e. The van der Waals surface area contributed by atoms with Crippen molar-refractivity contribution in [3.63, 3.8) is 0 Å². The molecular weight excluding hydrogens is 285 g/mol. The standard InChI is InChI=1S/C14H17F3N2O2/c15-14(16,17)11-5-18-2-1-12(11)19-8-13-3-9(6-20)10(4-13)7-21-13/h1-2,5,9-10,20H,3-4,6-8H2,(H,18,19)/t9-,10-,13-/m0/s1. The summed E-state index contributed by atoms with van der Waals surface area (Å²) in [7, 11) is 0. The van der Waals surface area contributed by atoms with E-state index in [4.69, 9.17) is 4.74 Å². The Morgan fingerprint density at radius 1 is 1.43 bits per heavy atom. The van der Waals surface area contributed by atoms with E-state index in [-0.39, 0.29) is 18.2 Å². The minimum Gasteiger partial charge on any atom is -0.396 e. The smallest absolute Gasteiger partial charge is 0.396 e. The van der Waals surface area contributed by atoms with Crippen LogP contribution < -0.4 is 5.32 Å². The number of nitrogens with one attached hydrogen (secondary N) is 1. The molecule has 3 rings (SSSR count). The molecule has 1 saturated carbocycles. The summed E-state index contributed by atoms with van der Waals surface area (Å²) < 4.78 is 44.5. The van der Waals surface area contributed by atoms with Gasteiger partial charge in [0.25, 0.3) is 0 Å². The SMILES string of the molecule is OC[C@@H]1C[C@@]2(CNc3ccncc3C(F)(F)F)C[C@H]1CO2. The number of aromatic nitrogens is 1. The molecule has 0 amide bonds. The van der Waals surface area contributed by atoms with Gasteiger partial charge < -0.3 is 15.2 Å². The van der Waals surface area contributed by atoms with Gasteiger partial charge in [-0.15, -0.1) is 0 Å². The van der Waals surface area contributed by atoms with Gasteiger partial charge in [-0.25, -0.2) is 0 Å². The van der Waals surface area contributed by atoms with Crippen LogP contribution >= 0.6 is 0 Å². The Morgan fingerprint density at radius 3 is 2.90 bits per heavy atom. The number of anilines is 1. The molecule has 1 aliphatic heterocycles. The van der Waals surface area contributed by atoms with Crippen LogP contribution in [0.2, 0.25) is 0 Å². The minimum atomic E-state index is -4.43. The lowest BCUT2D eigenvalue weighted by molar-refractivity contribution is -0.137. The minimum absolute atomic E-state index is 0.0198. The summed E-state index contributed by atoms with van der Waals surface area (Å²) in [6, 6.07) is 1.32. The number of aliphatic hydroxyl groups excluding tert-OH is 1. The first kappa shape index (κ1) is 14.6. The van der Waals surface area contributed by atoms with E-state index in [1.54, 1.807) is 0 Å². The molecule has 4 nitrogen and oxygen atoms in total. The highest BCUT2D eigenvalue weighted by Gasteiger charge is 2.51. The van der Waals surface area contributed by atoms with Gasteiger partial charge in [-0.05, 0) is 30.7 Å². The highest BCUT2D eigenvalue weighted by atomic mass is 19.4. The van der Waals surface area contributed by atoms with Crippen LogP contribution in [0.25, 0.3) is 0 Å². The van der Waals surface area contributed by atoms with Gasteiger partial charge in [0.1, 0.15) is 0 Å². The van der Waals surface area contributed by atoms with Crippen molar-refractivity contribution in [2.24, 2.45) is 11.8 Å². The second kappa shape index (κ2) is 5.14. The van der Waals surface area contributed by atoms with Gasteiger partial charge in [0, 0.05) is 31.2 Å². The lowest BCUT2D eigenvalue weighted by atomic mass is 9.96. The third kappa shape index (κ3) is 2.72. The monoisotopic (exact) mass is 302 g/mol. The number of alkyl halides is 3. The summed E-state index contributed by atoms with van der Waals surface area (Å²) >= 11 is 0. The highest BCUT2D eigenvalue weighted by Crippen LogP contribution is 2.48. The number of pyridine rings is 1. The molecule has 1 aromatic heterocycles. The zero-order valence-electron chi connectivity index (χ0n) is 11.4. The average molecular weight is 302 g/mol. The molecule has 2 fully saturated rings.